The summed E-state index contributed by atoms with van der Waals surface area (Å²) in [6, 6.07) is 7.58. The molecule has 142 valence electrons. The van der Waals surface area contributed by atoms with Gasteiger partial charge in [0.25, 0.3) is 5.91 Å². The number of esters is 1. The summed E-state index contributed by atoms with van der Waals surface area (Å²) in [6.07, 6.45) is 2.80. The van der Waals surface area contributed by atoms with Crippen LogP contribution in [0.2, 0.25) is 0 Å². The molecular weight excluding hydrogens is 366 g/mol. The van der Waals surface area contributed by atoms with E-state index in [1.165, 1.54) is 16.9 Å². The van der Waals surface area contributed by atoms with E-state index in [0.29, 0.717) is 10.6 Å². The lowest BCUT2D eigenvalue weighted by Gasteiger charge is -2.06. The molecule has 0 unspecified atom stereocenters. The second kappa shape index (κ2) is 8.30. The maximum atomic E-state index is 12.3. The van der Waals surface area contributed by atoms with E-state index >= 15 is 0 Å². The first-order valence-corrected chi connectivity index (χ1v) is 9.62. The lowest BCUT2D eigenvalue weighted by molar-refractivity contribution is -0.123. The van der Waals surface area contributed by atoms with Gasteiger partial charge in [-0.3, -0.25) is 10.1 Å². The number of aryl methyl sites for hydroxylation is 2. The van der Waals surface area contributed by atoms with Gasteiger partial charge in [-0.2, -0.15) is 0 Å². The highest BCUT2D eigenvalue weighted by atomic mass is 32.1. The first kappa shape index (κ1) is 19.0. The topological polar surface area (TPSA) is 97.4 Å². The van der Waals surface area contributed by atoms with E-state index in [-0.39, 0.29) is 6.04 Å². The Balaban J connectivity index is 1.56. The summed E-state index contributed by atoms with van der Waals surface area (Å²) in [5.41, 5.74) is 2.70. The van der Waals surface area contributed by atoms with Crippen molar-refractivity contribution in [2.24, 2.45) is 0 Å². The summed E-state index contributed by atoms with van der Waals surface area (Å²) in [5.74, 6) is -1.29. The molecule has 27 heavy (non-hydrogen) atoms. The average molecular weight is 387 g/mol. The van der Waals surface area contributed by atoms with Crippen molar-refractivity contribution in [3.8, 4) is 10.6 Å². The number of hydrogen-bond donors (Lipinski definition) is 2. The minimum Gasteiger partial charge on any atom is -0.451 e. The lowest BCUT2D eigenvalue weighted by Crippen LogP contribution is -2.42. The number of thiazole rings is 1. The Morgan fingerprint density at radius 1 is 1.22 bits per heavy atom. The first-order valence-electron chi connectivity index (χ1n) is 8.80. The summed E-state index contributed by atoms with van der Waals surface area (Å²) < 4.78 is 5.02. The van der Waals surface area contributed by atoms with Crippen molar-refractivity contribution in [3.63, 3.8) is 0 Å². The molecule has 0 saturated heterocycles. The van der Waals surface area contributed by atoms with Crippen LogP contribution in [-0.2, 0) is 16.0 Å². The van der Waals surface area contributed by atoms with Crippen LogP contribution in [0.1, 0.15) is 40.7 Å². The van der Waals surface area contributed by atoms with Crippen LogP contribution in [0.25, 0.3) is 10.6 Å². The third-order valence-electron chi connectivity index (χ3n) is 4.09. The van der Waals surface area contributed by atoms with Gasteiger partial charge in [0.15, 0.2) is 6.61 Å². The monoisotopic (exact) mass is 387 g/mol. The number of rotatable bonds is 6. The zero-order chi connectivity index (χ0) is 19.4. The molecule has 1 fully saturated rings. The molecule has 1 heterocycles. The zero-order valence-electron chi connectivity index (χ0n) is 15.2. The lowest BCUT2D eigenvalue weighted by atomic mass is 10.1. The number of carbonyl (C=O) groups excluding carboxylic acids is 3. The van der Waals surface area contributed by atoms with Gasteiger partial charge in [-0.1, -0.05) is 31.2 Å². The highest BCUT2D eigenvalue weighted by Gasteiger charge is 2.24. The Bertz CT molecular complexity index is 856. The molecule has 0 spiro atoms. The summed E-state index contributed by atoms with van der Waals surface area (Å²) in [7, 11) is 0. The van der Waals surface area contributed by atoms with E-state index in [1.54, 1.807) is 6.92 Å². The van der Waals surface area contributed by atoms with Crippen LogP contribution in [0.15, 0.2) is 24.3 Å². The maximum Gasteiger partial charge on any atom is 0.350 e. The van der Waals surface area contributed by atoms with Crippen molar-refractivity contribution in [2.75, 3.05) is 6.61 Å². The van der Waals surface area contributed by atoms with Crippen LogP contribution in [0.5, 0.6) is 0 Å². The van der Waals surface area contributed by atoms with Crippen LogP contribution in [0.3, 0.4) is 0 Å². The van der Waals surface area contributed by atoms with Crippen LogP contribution in [0, 0.1) is 6.92 Å². The Labute approximate surface area is 161 Å². The van der Waals surface area contributed by atoms with Crippen molar-refractivity contribution in [3.05, 3.63) is 40.4 Å². The average Bonchev–Trinajstić information content (AvgIpc) is 3.38. The molecular formula is C19H21N3O4S. The second-order valence-electron chi connectivity index (χ2n) is 6.36. The van der Waals surface area contributed by atoms with Gasteiger partial charge in [0.05, 0.1) is 5.69 Å². The number of aromatic nitrogens is 1. The molecule has 1 aliphatic carbocycles. The molecule has 7 nitrogen and oxygen atoms in total. The van der Waals surface area contributed by atoms with Gasteiger partial charge in [-0.25, -0.2) is 14.6 Å². The van der Waals surface area contributed by atoms with Crippen molar-refractivity contribution in [1.82, 2.24) is 15.6 Å². The van der Waals surface area contributed by atoms with Crippen LogP contribution >= 0.6 is 11.3 Å². The normalized spacial score (nSPS) is 13.1. The number of imide groups is 1. The smallest absolute Gasteiger partial charge is 0.350 e. The number of nitrogens with one attached hydrogen (secondary N) is 2. The van der Waals surface area contributed by atoms with Crippen molar-refractivity contribution >= 4 is 29.2 Å². The van der Waals surface area contributed by atoms with Gasteiger partial charge in [0, 0.05) is 11.6 Å². The minimum atomic E-state index is -0.668. The summed E-state index contributed by atoms with van der Waals surface area (Å²) in [6.45, 7) is 3.29. The highest BCUT2D eigenvalue weighted by Crippen LogP contribution is 2.28. The molecule has 0 aliphatic heterocycles. The molecule has 0 atom stereocenters. The van der Waals surface area contributed by atoms with Crippen LogP contribution in [0.4, 0.5) is 4.79 Å². The molecule has 2 aromatic rings. The third kappa shape index (κ3) is 5.13. The minimum absolute atomic E-state index is 0.144. The quantitative estimate of drug-likeness (QED) is 0.743. The maximum absolute atomic E-state index is 12.3. The molecule has 1 aromatic heterocycles. The Morgan fingerprint density at radius 3 is 2.56 bits per heavy atom. The van der Waals surface area contributed by atoms with Gasteiger partial charge >= 0.3 is 12.0 Å². The van der Waals surface area contributed by atoms with Crippen molar-refractivity contribution in [2.45, 2.75) is 39.2 Å². The zero-order valence-corrected chi connectivity index (χ0v) is 16.0. The number of amides is 3. The molecule has 1 saturated carbocycles. The Hall–Kier alpha value is -2.74. The molecule has 0 radical (unpaired) electrons. The van der Waals surface area contributed by atoms with E-state index in [2.05, 4.69) is 22.5 Å². The van der Waals surface area contributed by atoms with E-state index in [9.17, 15) is 14.4 Å². The van der Waals surface area contributed by atoms with Crippen molar-refractivity contribution in [1.29, 1.82) is 0 Å². The fourth-order valence-electron chi connectivity index (χ4n) is 2.40. The summed E-state index contributed by atoms with van der Waals surface area (Å²) in [5, 5.41) is 5.48. The SMILES string of the molecule is CCc1ccc(-c2nc(C)c(C(=O)OCC(=O)NC(=O)NC3CC3)s2)cc1. The van der Waals surface area contributed by atoms with Crippen LogP contribution < -0.4 is 10.6 Å². The molecule has 1 aromatic carbocycles. The number of carbonyl (C=O) groups is 3. The molecule has 1 aliphatic rings. The number of ether oxygens (including phenoxy) is 1. The first-order chi connectivity index (χ1) is 13.0. The molecule has 3 amide bonds. The standard InChI is InChI=1S/C19H21N3O4S/c1-3-12-4-6-13(7-5-12)17-20-11(2)16(27-17)18(24)26-10-15(23)22-19(25)21-14-8-9-14/h4-7,14H,3,8-10H2,1-2H3,(H2,21,22,23,25). The largest absolute Gasteiger partial charge is 0.451 e. The molecule has 0 bridgehead atoms. The Morgan fingerprint density at radius 2 is 1.93 bits per heavy atom. The van der Waals surface area contributed by atoms with E-state index in [0.717, 1.165) is 29.8 Å². The molecule has 8 heteroatoms. The van der Waals surface area contributed by atoms with Gasteiger partial charge < -0.3 is 10.1 Å². The molecule has 2 N–H and O–H groups in total. The highest BCUT2D eigenvalue weighted by molar-refractivity contribution is 7.17. The fourth-order valence-corrected chi connectivity index (χ4v) is 3.37. The van der Waals surface area contributed by atoms with Gasteiger partial charge in [0.2, 0.25) is 0 Å². The van der Waals surface area contributed by atoms with Gasteiger partial charge in [-0.05, 0) is 31.7 Å². The Kier molecular flexibility index (Phi) is 5.85. The number of hydrogen-bond acceptors (Lipinski definition) is 6. The number of benzene rings is 1. The summed E-state index contributed by atoms with van der Waals surface area (Å²) in [4.78, 5) is 40.2. The van der Waals surface area contributed by atoms with Gasteiger partial charge in [-0.15, -0.1) is 11.3 Å². The van der Waals surface area contributed by atoms with E-state index in [4.69, 9.17) is 4.74 Å². The summed E-state index contributed by atoms with van der Waals surface area (Å²) >= 11 is 1.22. The predicted octanol–water partition coefficient (Wildman–Crippen LogP) is 2.83. The van der Waals surface area contributed by atoms with E-state index in [1.807, 2.05) is 24.3 Å². The molecule has 3 rings (SSSR count). The number of nitrogens with zero attached hydrogens (tertiary/aromatic N) is 1. The predicted molar refractivity (Wildman–Crippen MR) is 102 cm³/mol. The van der Waals surface area contributed by atoms with Gasteiger partial charge in [0.1, 0.15) is 9.88 Å². The fraction of sp³-hybridized carbons (Fsp3) is 0.368. The number of urea groups is 1. The van der Waals surface area contributed by atoms with E-state index < -0.39 is 24.5 Å². The van der Waals surface area contributed by atoms with Crippen LogP contribution in [-0.4, -0.2) is 35.5 Å². The van der Waals surface area contributed by atoms with Crippen molar-refractivity contribution < 1.29 is 19.1 Å². The third-order valence-corrected chi connectivity index (χ3v) is 5.28. The second-order valence-corrected chi connectivity index (χ2v) is 7.36.